The average Bonchev–Trinajstić information content (AvgIpc) is 2.90. The number of para-hydroxylation sites is 2. The fraction of sp³-hybridized carbons (Fsp3) is 0.609. The van der Waals surface area contributed by atoms with Crippen molar-refractivity contribution in [2.45, 2.75) is 66.0 Å². The van der Waals surface area contributed by atoms with Crippen molar-refractivity contribution in [2.75, 3.05) is 18.0 Å². The summed E-state index contributed by atoms with van der Waals surface area (Å²) in [5.74, 6) is 0.364. The van der Waals surface area contributed by atoms with Gasteiger partial charge in [0.05, 0.1) is 11.0 Å². The van der Waals surface area contributed by atoms with E-state index in [2.05, 4.69) is 31.0 Å². The van der Waals surface area contributed by atoms with Crippen LogP contribution < -0.4 is 15.8 Å². The lowest BCUT2D eigenvalue weighted by Gasteiger charge is -2.39. The van der Waals surface area contributed by atoms with Gasteiger partial charge in [-0.25, -0.2) is 4.98 Å². The molecule has 156 valence electrons. The zero-order chi connectivity index (χ0) is 20.8. The molecule has 6 nitrogen and oxygen atoms in total. The van der Waals surface area contributed by atoms with Crippen molar-refractivity contribution >= 4 is 22.8 Å². The Morgan fingerprint density at radius 1 is 1.24 bits per heavy atom. The van der Waals surface area contributed by atoms with Crippen LogP contribution in [-0.2, 0) is 11.3 Å². The highest BCUT2D eigenvalue weighted by atomic mass is 16.2. The number of aromatic nitrogens is 2. The van der Waals surface area contributed by atoms with Gasteiger partial charge < -0.3 is 10.2 Å². The van der Waals surface area contributed by atoms with Gasteiger partial charge >= 0.3 is 0 Å². The first kappa shape index (κ1) is 19.9. The maximum absolute atomic E-state index is 13.5. The first-order chi connectivity index (χ1) is 13.7. The third kappa shape index (κ3) is 3.77. The molecule has 0 unspecified atom stereocenters. The van der Waals surface area contributed by atoms with Gasteiger partial charge in [0.2, 0.25) is 5.91 Å². The lowest BCUT2D eigenvalue weighted by molar-refractivity contribution is -0.121. The van der Waals surface area contributed by atoms with Gasteiger partial charge in [-0.1, -0.05) is 39.8 Å². The number of amides is 1. The molecule has 1 aromatic carbocycles. The highest BCUT2D eigenvalue weighted by Gasteiger charge is 2.50. The molecule has 0 radical (unpaired) electrons. The van der Waals surface area contributed by atoms with Crippen molar-refractivity contribution in [1.29, 1.82) is 0 Å². The molecule has 2 fully saturated rings. The van der Waals surface area contributed by atoms with E-state index in [4.69, 9.17) is 4.98 Å². The number of rotatable bonds is 5. The van der Waals surface area contributed by atoms with Crippen molar-refractivity contribution in [3.63, 3.8) is 0 Å². The summed E-state index contributed by atoms with van der Waals surface area (Å²) in [5, 5.41) is 2.88. The number of carbonyl (C=O) groups is 1. The minimum atomic E-state index is -0.163. The maximum Gasteiger partial charge on any atom is 0.294 e. The van der Waals surface area contributed by atoms with Crippen LogP contribution in [0.1, 0.15) is 53.4 Å². The van der Waals surface area contributed by atoms with Crippen LogP contribution in [0.2, 0.25) is 0 Å². The Hall–Kier alpha value is -2.37. The van der Waals surface area contributed by atoms with Gasteiger partial charge in [-0.2, -0.15) is 0 Å². The van der Waals surface area contributed by atoms with E-state index < -0.39 is 0 Å². The van der Waals surface area contributed by atoms with Crippen LogP contribution in [0.25, 0.3) is 11.0 Å². The SMILES string of the molecule is CCCNC(=O)Cn1c(=O)c(N2C[C@@]3(C)C[C@H]2CC(C)(C)C3)nc2ccccc21. The Balaban J connectivity index is 1.77. The number of hydrogen-bond acceptors (Lipinski definition) is 4. The molecular weight excluding hydrogens is 364 g/mol. The molecule has 2 aliphatic rings. The van der Waals surface area contributed by atoms with Crippen LogP contribution in [-0.4, -0.2) is 34.6 Å². The lowest BCUT2D eigenvalue weighted by Crippen LogP contribution is -2.40. The quantitative estimate of drug-likeness (QED) is 0.842. The molecule has 2 atom stereocenters. The van der Waals surface area contributed by atoms with Gasteiger partial charge in [0.1, 0.15) is 6.54 Å². The molecule has 1 aliphatic heterocycles. The standard InChI is InChI=1S/C23H32N4O2/c1-5-10-24-19(28)13-26-18-9-7-6-8-17(18)25-20(21(26)29)27-15-23(4)12-16(27)11-22(2,3)14-23/h6-9,16H,5,10-15H2,1-4H3,(H,24,28)/t16-,23+/m1/s1. The number of nitrogens with zero attached hydrogens (tertiary/aromatic N) is 3. The summed E-state index contributed by atoms with van der Waals surface area (Å²) in [5.41, 5.74) is 1.78. The Labute approximate surface area is 172 Å². The Bertz CT molecular complexity index is 996. The van der Waals surface area contributed by atoms with Gasteiger partial charge in [-0.3, -0.25) is 14.2 Å². The van der Waals surface area contributed by atoms with Crippen LogP contribution in [0, 0.1) is 10.8 Å². The predicted molar refractivity (Wildman–Crippen MR) is 116 cm³/mol. The van der Waals surface area contributed by atoms with Gasteiger partial charge in [-0.15, -0.1) is 0 Å². The highest BCUT2D eigenvalue weighted by Crippen LogP contribution is 2.52. The molecule has 1 saturated heterocycles. The minimum Gasteiger partial charge on any atom is -0.355 e. The van der Waals surface area contributed by atoms with Gasteiger partial charge in [-0.05, 0) is 48.6 Å². The number of carbonyl (C=O) groups excluding carboxylic acids is 1. The number of anilines is 1. The first-order valence-electron chi connectivity index (χ1n) is 10.7. The zero-order valence-electron chi connectivity index (χ0n) is 18.0. The molecule has 4 rings (SSSR count). The molecule has 29 heavy (non-hydrogen) atoms. The largest absolute Gasteiger partial charge is 0.355 e. The molecule has 0 spiro atoms. The Kier molecular flexibility index (Phi) is 4.91. The van der Waals surface area contributed by atoms with E-state index in [0.717, 1.165) is 37.7 Å². The third-order valence-corrected chi connectivity index (χ3v) is 6.40. The summed E-state index contributed by atoms with van der Waals surface area (Å²) in [4.78, 5) is 32.9. The fourth-order valence-corrected chi connectivity index (χ4v) is 5.69. The number of nitrogens with one attached hydrogen (secondary N) is 1. The molecule has 2 aromatic rings. The van der Waals surface area contributed by atoms with Crippen molar-refractivity contribution in [3.8, 4) is 0 Å². The second-order valence-corrected chi connectivity index (χ2v) is 10.0. The zero-order valence-corrected chi connectivity index (χ0v) is 18.0. The highest BCUT2D eigenvalue weighted by molar-refractivity contribution is 5.81. The third-order valence-electron chi connectivity index (χ3n) is 6.40. The maximum atomic E-state index is 13.5. The molecule has 1 N–H and O–H groups in total. The van der Waals surface area contributed by atoms with E-state index in [1.165, 1.54) is 0 Å². The number of benzene rings is 1. The van der Waals surface area contributed by atoms with Gasteiger partial charge in [0.25, 0.3) is 5.56 Å². The summed E-state index contributed by atoms with van der Waals surface area (Å²) in [6.07, 6.45) is 4.19. The minimum absolute atomic E-state index is 0.0239. The van der Waals surface area contributed by atoms with E-state index in [0.29, 0.717) is 23.9 Å². The van der Waals surface area contributed by atoms with E-state index >= 15 is 0 Å². The van der Waals surface area contributed by atoms with E-state index in [-0.39, 0.29) is 28.8 Å². The topological polar surface area (TPSA) is 67.2 Å². The van der Waals surface area contributed by atoms with Gasteiger partial charge in [0.15, 0.2) is 5.82 Å². The van der Waals surface area contributed by atoms with Crippen LogP contribution in [0.15, 0.2) is 29.1 Å². The van der Waals surface area contributed by atoms with Crippen LogP contribution >= 0.6 is 0 Å². The van der Waals surface area contributed by atoms with E-state index in [1.807, 2.05) is 31.2 Å². The molecule has 2 bridgehead atoms. The normalized spacial score (nSPS) is 25.4. The van der Waals surface area contributed by atoms with Crippen LogP contribution in [0.3, 0.4) is 0 Å². The summed E-state index contributed by atoms with van der Waals surface area (Å²) in [7, 11) is 0. The van der Waals surface area contributed by atoms with Crippen molar-refractivity contribution in [1.82, 2.24) is 14.9 Å². The summed E-state index contributed by atoms with van der Waals surface area (Å²) in [6.45, 7) is 10.5. The molecule has 2 heterocycles. The van der Waals surface area contributed by atoms with Crippen molar-refractivity contribution < 1.29 is 4.79 Å². The Morgan fingerprint density at radius 2 is 2.00 bits per heavy atom. The number of fused-ring (bicyclic) bond motifs is 3. The van der Waals surface area contributed by atoms with Crippen LogP contribution in [0.4, 0.5) is 5.82 Å². The molecule has 6 heteroatoms. The monoisotopic (exact) mass is 396 g/mol. The molecule has 1 saturated carbocycles. The molecule has 1 aromatic heterocycles. The molecule has 1 aliphatic carbocycles. The smallest absolute Gasteiger partial charge is 0.294 e. The van der Waals surface area contributed by atoms with Crippen molar-refractivity contribution in [2.24, 2.45) is 10.8 Å². The second kappa shape index (κ2) is 7.15. The van der Waals surface area contributed by atoms with Crippen molar-refractivity contribution in [3.05, 3.63) is 34.6 Å². The molecule has 1 amide bonds. The van der Waals surface area contributed by atoms with E-state index in [1.54, 1.807) is 4.57 Å². The summed E-state index contributed by atoms with van der Waals surface area (Å²) >= 11 is 0. The van der Waals surface area contributed by atoms with Gasteiger partial charge in [0, 0.05) is 19.1 Å². The predicted octanol–water partition coefficient (Wildman–Crippen LogP) is 3.33. The number of hydrogen-bond donors (Lipinski definition) is 1. The average molecular weight is 397 g/mol. The summed E-state index contributed by atoms with van der Waals surface area (Å²) in [6, 6.07) is 7.93. The lowest BCUT2D eigenvalue weighted by atomic mass is 9.65. The van der Waals surface area contributed by atoms with Crippen LogP contribution in [0.5, 0.6) is 0 Å². The fourth-order valence-electron chi connectivity index (χ4n) is 5.69. The summed E-state index contributed by atoms with van der Waals surface area (Å²) < 4.78 is 1.60. The molecular formula is C23H32N4O2. The van der Waals surface area contributed by atoms with E-state index in [9.17, 15) is 9.59 Å². The first-order valence-corrected chi connectivity index (χ1v) is 10.7. The Morgan fingerprint density at radius 3 is 2.76 bits per heavy atom. The second-order valence-electron chi connectivity index (χ2n) is 10.0.